The van der Waals surface area contributed by atoms with Crippen molar-refractivity contribution in [2.75, 3.05) is 6.54 Å². The molecule has 0 aromatic heterocycles. The molecule has 1 rings (SSSR count). The molecular weight excluding hydrogens is 222 g/mol. The van der Waals surface area contributed by atoms with Crippen LogP contribution in [-0.4, -0.2) is 22.8 Å². The summed E-state index contributed by atoms with van der Waals surface area (Å²) in [5, 5.41) is 12.0. The molecule has 0 aliphatic rings. The lowest BCUT2D eigenvalue weighted by molar-refractivity contribution is -0.120. The maximum absolute atomic E-state index is 11.6. The van der Waals surface area contributed by atoms with Crippen molar-refractivity contribution < 1.29 is 9.90 Å². The van der Waals surface area contributed by atoms with Crippen LogP contribution in [0.2, 0.25) is 0 Å². The van der Waals surface area contributed by atoms with Crippen LogP contribution in [0, 0.1) is 0 Å². The van der Waals surface area contributed by atoms with E-state index < -0.39 is 0 Å². The Hall–Kier alpha value is -1.16. The number of carbonyl (C=O) groups excluding carboxylic acids is 1. The Balaban J connectivity index is 2.50. The molecule has 0 radical (unpaired) electrons. The summed E-state index contributed by atoms with van der Waals surface area (Å²) in [6, 6.07) is 6.93. The highest BCUT2D eigenvalue weighted by atomic mass is 32.2. The van der Waals surface area contributed by atoms with Gasteiger partial charge in [-0.1, -0.05) is 13.0 Å². The van der Waals surface area contributed by atoms with Crippen molar-refractivity contribution in [1.29, 1.82) is 0 Å². The van der Waals surface area contributed by atoms with Crippen LogP contribution in [0.5, 0.6) is 5.75 Å². The SMILES string of the molecule is CCCNC(=O)C(C)Sc1cccc(O)c1. The van der Waals surface area contributed by atoms with E-state index in [2.05, 4.69) is 5.32 Å². The molecule has 0 saturated carbocycles. The highest BCUT2D eigenvalue weighted by Gasteiger charge is 2.13. The lowest BCUT2D eigenvalue weighted by Gasteiger charge is -2.11. The van der Waals surface area contributed by atoms with Gasteiger partial charge in [0.05, 0.1) is 5.25 Å². The van der Waals surface area contributed by atoms with Gasteiger partial charge in [0.25, 0.3) is 0 Å². The summed E-state index contributed by atoms with van der Waals surface area (Å²) < 4.78 is 0. The smallest absolute Gasteiger partial charge is 0.233 e. The summed E-state index contributed by atoms with van der Waals surface area (Å²) in [7, 11) is 0. The molecule has 1 aromatic rings. The number of aromatic hydroxyl groups is 1. The number of thioether (sulfide) groups is 1. The Labute approximate surface area is 100 Å². The van der Waals surface area contributed by atoms with Crippen molar-refractivity contribution in [2.24, 2.45) is 0 Å². The number of nitrogens with one attached hydrogen (secondary N) is 1. The van der Waals surface area contributed by atoms with Crippen LogP contribution >= 0.6 is 11.8 Å². The first-order valence-corrected chi connectivity index (χ1v) is 6.25. The zero-order chi connectivity index (χ0) is 12.0. The highest BCUT2D eigenvalue weighted by Crippen LogP contribution is 2.25. The first-order chi connectivity index (χ1) is 7.63. The topological polar surface area (TPSA) is 49.3 Å². The summed E-state index contributed by atoms with van der Waals surface area (Å²) in [5.41, 5.74) is 0. The molecule has 88 valence electrons. The number of hydrogen-bond acceptors (Lipinski definition) is 3. The molecule has 1 aromatic carbocycles. The number of amides is 1. The van der Waals surface area contributed by atoms with E-state index in [4.69, 9.17) is 0 Å². The molecule has 4 heteroatoms. The van der Waals surface area contributed by atoms with Gasteiger partial charge in [-0.3, -0.25) is 4.79 Å². The summed E-state index contributed by atoms with van der Waals surface area (Å²) in [5.74, 6) is 0.265. The van der Waals surface area contributed by atoms with Gasteiger partial charge in [0.15, 0.2) is 0 Å². The van der Waals surface area contributed by atoms with Crippen molar-refractivity contribution >= 4 is 17.7 Å². The quantitative estimate of drug-likeness (QED) is 0.776. The standard InChI is InChI=1S/C12H17NO2S/c1-3-7-13-12(15)9(2)16-11-6-4-5-10(14)8-11/h4-6,8-9,14H,3,7H2,1-2H3,(H,13,15). The van der Waals surface area contributed by atoms with Crippen molar-refractivity contribution in [3.8, 4) is 5.75 Å². The van der Waals surface area contributed by atoms with Crippen LogP contribution in [0.3, 0.4) is 0 Å². The van der Waals surface area contributed by atoms with E-state index in [9.17, 15) is 9.90 Å². The Morgan fingerprint density at radius 2 is 2.31 bits per heavy atom. The molecule has 0 bridgehead atoms. The Morgan fingerprint density at radius 1 is 1.56 bits per heavy atom. The molecule has 0 spiro atoms. The Bertz CT molecular complexity index is 355. The normalized spacial score (nSPS) is 12.1. The molecule has 1 atom stereocenters. The fourth-order valence-corrected chi connectivity index (χ4v) is 2.15. The first-order valence-electron chi connectivity index (χ1n) is 5.37. The minimum Gasteiger partial charge on any atom is -0.508 e. The van der Waals surface area contributed by atoms with Gasteiger partial charge in [-0.2, -0.15) is 0 Å². The number of hydrogen-bond donors (Lipinski definition) is 2. The number of phenols is 1. The van der Waals surface area contributed by atoms with Crippen LogP contribution < -0.4 is 5.32 Å². The fourth-order valence-electron chi connectivity index (χ4n) is 1.21. The lowest BCUT2D eigenvalue weighted by Crippen LogP contribution is -2.31. The van der Waals surface area contributed by atoms with E-state index in [1.54, 1.807) is 18.2 Å². The molecule has 0 fully saturated rings. The van der Waals surface area contributed by atoms with Crippen LogP contribution in [0.25, 0.3) is 0 Å². The molecular formula is C12H17NO2S. The van der Waals surface area contributed by atoms with Gasteiger partial charge in [0.1, 0.15) is 5.75 Å². The summed E-state index contributed by atoms with van der Waals surface area (Å²) in [6.45, 7) is 4.59. The predicted molar refractivity (Wildman–Crippen MR) is 66.7 cm³/mol. The molecule has 16 heavy (non-hydrogen) atoms. The number of carbonyl (C=O) groups is 1. The monoisotopic (exact) mass is 239 g/mol. The molecule has 1 unspecified atom stereocenters. The second-order valence-corrected chi connectivity index (χ2v) is 4.96. The van der Waals surface area contributed by atoms with Gasteiger partial charge in [-0.15, -0.1) is 11.8 Å². The third kappa shape index (κ3) is 4.14. The molecule has 0 heterocycles. The van der Waals surface area contributed by atoms with Crippen LogP contribution in [0.1, 0.15) is 20.3 Å². The minimum atomic E-state index is -0.145. The fraction of sp³-hybridized carbons (Fsp3) is 0.417. The first kappa shape index (κ1) is 12.9. The Kier molecular flexibility index (Phi) is 5.19. The molecule has 3 nitrogen and oxygen atoms in total. The van der Waals surface area contributed by atoms with Crippen molar-refractivity contribution in [1.82, 2.24) is 5.32 Å². The number of benzene rings is 1. The average molecular weight is 239 g/mol. The van der Waals surface area contributed by atoms with Gasteiger partial charge in [-0.05, 0) is 31.5 Å². The third-order valence-corrected chi connectivity index (χ3v) is 3.14. The zero-order valence-electron chi connectivity index (χ0n) is 9.56. The van der Waals surface area contributed by atoms with E-state index in [-0.39, 0.29) is 16.9 Å². The van der Waals surface area contributed by atoms with E-state index >= 15 is 0 Å². The maximum Gasteiger partial charge on any atom is 0.233 e. The van der Waals surface area contributed by atoms with E-state index in [0.29, 0.717) is 6.54 Å². The predicted octanol–water partition coefficient (Wildman–Crippen LogP) is 2.40. The molecule has 1 amide bonds. The third-order valence-electron chi connectivity index (χ3n) is 2.05. The molecule has 2 N–H and O–H groups in total. The van der Waals surface area contributed by atoms with E-state index in [1.165, 1.54) is 11.8 Å². The minimum absolute atomic E-state index is 0.0372. The summed E-state index contributed by atoms with van der Waals surface area (Å²) in [4.78, 5) is 12.5. The second kappa shape index (κ2) is 6.43. The summed E-state index contributed by atoms with van der Waals surface area (Å²) in [6.07, 6.45) is 0.940. The lowest BCUT2D eigenvalue weighted by atomic mass is 10.3. The van der Waals surface area contributed by atoms with Crippen LogP contribution in [0.4, 0.5) is 0 Å². The molecule has 0 aliphatic heterocycles. The maximum atomic E-state index is 11.6. The zero-order valence-corrected chi connectivity index (χ0v) is 10.4. The van der Waals surface area contributed by atoms with Gasteiger partial charge in [0, 0.05) is 11.4 Å². The van der Waals surface area contributed by atoms with Crippen molar-refractivity contribution in [3.63, 3.8) is 0 Å². The largest absolute Gasteiger partial charge is 0.508 e. The average Bonchev–Trinajstić information content (AvgIpc) is 2.25. The van der Waals surface area contributed by atoms with Gasteiger partial charge >= 0.3 is 0 Å². The highest BCUT2D eigenvalue weighted by molar-refractivity contribution is 8.00. The number of rotatable bonds is 5. The van der Waals surface area contributed by atoms with Crippen LogP contribution in [0.15, 0.2) is 29.2 Å². The number of phenolic OH excluding ortho intramolecular Hbond substituents is 1. The van der Waals surface area contributed by atoms with Gasteiger partial charge in [0.2, 0.25) is 5.91 Å². The summed E-state index contributed by atoms with van der Waals surface area (Å²) >= 11 is 1.44. The molecule has 0 saturated heterocycles. The van der Waals surface area contributed by atoms with E-state index in [0.717, 1.165) is 11.3 Å². The van der Waals surface area contributed by atoms with Gasteiger partial charge < -0.3 is 10.4 Å². The van der Waals surface area contributed by atoms with Crippen molar-refractivity contribution in [2.45, 2.75) is 30.4 Å². The van der Waals surface area contributed by atoms with Gasteiger partial charge in [-0.25, -0.2) is 0 Å². The second-order valence-electron chi connectivity index (χ2n) is 3.55. The van der Waals surface area contributed by atoms with E-state index in [1.807, 2.05) is 19.9 Å². The van der Waals surface area contributed by atoms with Crippen molar-refractivity contribution in [3.05, 3.63) is 24.3 Å². The Morgan fingerprint density at radius 3 is 2.94 bits per heavy atom. The van der Waals surface area contributed by atoms with Crippen LogP contribution in [-0.2, 0) is 4.79 Å². The molecule has 0 aliphatic carbocycles.